The summed E-state index contributed by atoms with van der Waals surface area (Å²) in [6.45, 7) is -0.835. The van der Waals surface area contributed by atoms with E-state index >= 15 is 0 Å². The normalized spacial score (nSPS) is 11.3. The molecule has 0 bridgehead atoms. The number of sulfonamides is 1. The Labute approximate surface area is 165 Å². The van der Waals surface area contributed by atoms with Gasteiger partial charge in [0, 0.05) is 6.42 Å². The fraction of sp³-hybridized carbons (Fsp3) is 0.158. The average Bonchev–Trinajstić information content (AvgIpc) is 2.68. The van der Waals surface area contributed by atoms with Crippen molar-refractivity contribution < 1.29 is 22.7 Å². The monoisotopic (exact) mass is 415 g/mol. The van der Waals surface area contributed by atoms with Gasteiger partial charge in [-0.05, 0) is 29.8 Å². The number of Topliss-reactive ketones (excluding diaryl/α,β-unsaturated/α-hetero) is 1. The number of carbonyl (C=O) groups excluding carboxylic acids is 2. The van der Waals surface area contributed by atoms with E-state index in [1.165, 1.54) is 30.6 Å². The van der Waals surface area contributed by atoms with Gasteiger partial charge in [-0.3, -0.25) is 19.0 Å². The molecular weight excluding hydrogens is 398 g/mol. The Hall–Kier alpha value is -3.37. The minimum Gasteiger partial charge on any atom is -0.456 e. The first-order valence-electron chi connectivity index (χ1n) is 8.47. The van der Waals surface area contributed by atoms with Crippen LogP contribution in [0.3, 0.4) is 0 Å². The SMILES string of the molecule is NS(=O)(=O)c1ccc(CC(=O)COC(=O)Cn2cnc3ccccc3c2=O)cc1. The fourth-order valence-electron chi connectivity index (χ4n) is 2.64. The molecule has 1 aromatic heterocycles. The van der Waals surface area contributed by atoms with Crippen LogP contribution in [-0.4, -0.2) is 36.3 Å². The van der Waals surface area contributed by atoms with Crippen molar-refractivity contribution in [3.05, 3.63) is 70.8 Å². The van der Waals surface area contributed by atoms with Crippen LogP contribution >= 0.6 is 0 Å². The van der Waals surface area contributed by atoms with Gasteiger partial charge in [-0.15, -0.1) is 0 Å². The highest BCUT2D eigenvalue weighted by Gasteiger charge is 2.13. The van der Waals surface area contributed by atoms with E-state index < -0.39 is 22.6 Å². The second kappa shape index (κ2) is 8.33. The molecule has 3 aromatic rings. The molecule has 150 valence electrons. The number of rotatable bonds is 7. The van der Waals surface area contributed by atoms with Crippen LogP contribution in [0.1, 0.15) is 5.56 Å². The highest BCUT2D eigenvalue weighted by atomic mass is 32.2. The lowest BCUT2D eigenvalue weighted by molar-refractivity contribution is -0.148. The molecule has 0 radical (unpaired) electrons. The van der Waals surface area contributed by atoms with Crippen molar-refractivity contribution in [1.82, 2.24) is 9.55 Å². The number of para-hydroxylation sites is 1. The number of fused-ring (bicyclic) bond motifs is 1. The van der Waals surface area contributed by atoms with Crippen molar-refractivity contribution in [2.75, 3.05) is 6.61 Å². The highest BCUT2D eigenvalue weighted by molar-refractivity contribution is 7.89. The fourth-order valence-corrected chi connectivity index (χ4v) is 3.16. The molecule has 0 amide bonds. The van der Waals surface area contributed by atoms with Crippen LogP contribution in [0, 0.1) is 0 Å². The van der Waals surface area contributed by atoms with E-state index in [0.717, 1.165) is 4.57 Å². The van der Waals surface area contributed by atoms with Crippen LogP contribution < -0.4 is 10.7 Å². The largest absolute Gasteiger partial charge is 0.456 e. The average molecular weight is 415 g/mol. The Bertz CT molecular complexity index is 1230. The molecule has 0 spiro atoms. The number of ketones is 1. The van der Waals surface area contributed by atoms with E-state index in [4.69, 9.17) is 9.88 Å². The molecule has 2 N–H and O–H groups in total. The third-order valence-corrected chi connectivity index (χ3v) is 5.01. The molecule has 0 unspecified atom stereocenters. The number of primary sulfonamides is 1. The van der Waals surface area contributed by atoms with E-state index in [0.29, 0.717) is 16.5 Å². The third-order valence-electron chi connectivity index (χ3n) is 4.08. The summed E-state index contributed by atoms with van der Waals surface area (Å²) in [5.41, 5.74) is 0.688. The lowest BCUT2D eigenvalue weighted by Crippen LogP contribution is -2.27. The van der Waals surface area contributed by atoms with Crippen molar-refractivity contribution >= 4 is 32.7 Å². The van der Waals surface area contributed by atoms with Crippen molar-refractivity contribution in [3.63, 3.8) is 0 Å². The Morgan fingerprint density at radius 2 is 1.76 bits per heavy atom. The van der Waals surface area contributed by atoms with Crippen LogP contribution in [-0.2, 0) is 37.3 Å². The van der Waals surface area contributed by atoms with E-state index in [1.807, 2.05) is 0 Å². The van der Waals surface area contributed by atoms with Crippen molar-refractivity contribution in [2.45, 2.75) is 17.9 Å². The number of aromatic nitrogens is 2. The van der Waals surface area contributed by atoms with Crippen molar-refractivity contribution in [1.29, 1.82) is 0 Å². The molecule has 0 aliphatic carbocycles. The summed E-state index contributed by atoms with van der Waals surface area (Å²) in [7, 11) is -3.80. The van der Waals surface area contributed by atoms with Crippen LogP contribution in [0.15, 0.2) is 64.5 Å². The van der Waals surface area contributed by atoms with Crippen molar-refractivity contribution in [3.8, 4) is 0 Å². The number of benzene rings is 2. The number of hydrogen-bond donors (Lipinski definition) is 1. The zero-order chi connectivity index (χ0) is 21.0. The van der Waals surface area contributed by atoms with Gasteiger partial charge in [0.15, 0.2) is 5.78 Å². The number of carbonyl (C=O) groups is 2. The van der Waals surface area contributed by atoms with Gasteiger partial charge in [0.2, 0.25) is 10.0 Å². The third kappa shape index (κ3) is 5.12. The van der Waals surface area contributed by atoms with Crippen molar-refractivity contribution in [2.24, 2.45) is 5.14 Å². The van der Waals surface area contributed by atoms with Gasteiger partial charge in [-0.25, -0.2) is 18.5 Å². The zero-order valence-corrected chi connectivity index (χ0v) is 16.0. The van der Waals surface area contributed by atoms with Gasteiger partial charge < -0.3 is 4.74 Å². The first kappa shape index (κ1) is 20.4. The molecule has 9 nitrogen and oxygen atoms in total. The van der Waals surface area contributed by atoms with Crippen LogP contribution in [0.2, 0.25) is 0 Å². The Morgan fingerprint density at radius 1 is 1.07 bits per heavy atom. The number of esters is 1. The number of ether oxygens (including phenoxy) is 1. The molecule has 10 heteroatoms. The molecular formula is C19H17N3O6S. The predicted molar refractivity (Wildman–Crippen MR) is 103 cm³/mol. The summed E-state index contributed by atoms with van der Waals surface area (Å²) >= 11 is 0. The lowest BCUT2D eigenvalue weighted by atomic mass is 10.1. The highest BCUT2D eigenvalue weighted by Crippen LogP contribution is 2.09. The molecule has 0 saturated heterocycles. The van der Waals surface area contributed by atoms with Gasteiger partial charge in [-0.1, -0.05) is 24.3 Å². The van der Waals surface area contributed by atoms with E-state index in [1.54, 1.807) is 24.3 Å². The molecule has 0 aliphatic heterocycles. The maximum Gasteiger partial charge on any atom is 0.326 e. The zero-order valence-electron chi connectivity index (χ0n) is 15.1. The quantitative estimate of drug-likeness (QED) is 0.551. The minimum atomic E-state index is -3.80. The summed E-state index contributed by atoms with van der Waals surface area (Å²) in [5, 5.41) is 5.39. The van der Waals surface area contributed by atoms with Crippen LogP contribution in [0.4, 0.5) is 0 Å². The van der Waals surface area contributed by atoms with Gasteiger partial charge in [0.1, 0.15) is 13.2 Å². The number of nitrogens with zero attached hydrogens (tertiary/aromatic N) is 2. The summed E-state index contributed by atoms with van der Waals surface area (Å²) in [4.78, 5) is 40.3. The van der Waals surface area contributed by atoms with Gasteiger partial charge in [0.25, 0.3) is 5.56 Å². The maximum absolute atomic E-state index is 12.3. The lowest BCUT2D eigenvalue weighted by Gasteiger charge is -2.07. The molecule has 0 fully saturated rings. The Kier molecular flexibility index (Phi) is 5.85. The van der Waals surface area contributed by atoms with E-state index in [-0.39, 0.29) is 29.2 Å². The smallest absolute Gasteiger partial charge is 0.326 e. The topological polar surface area (TPSA) is 138 Å². The standard InChI is InChI=1S/C19H17N3O6S/c20-29(26,27)15-7-5-13(6-8-15)9-14(23)11-28-18(24)10-22-12-21-17-4-2-1-3-16(17)19(22)25/h1-8,12H,9-11H2,(H2,20,26,27). The van der Waals surface area contributed by atoms with Gasteiger partial charge >= 0.3 is 5.97 Å². The maximum atomic E-state index is 12.3. The number of hydrogen-bond acceptors (Lipinski definition) is 7. The van der Waals surface area contributed by atoms with E-state index in [2.05, 4.69) is 4.98 Å². The second-order valence-electron chi connectivity index (χ2n) is 6.26. The molecule has 0 aliphatic rings. The summed E-state index contributed by atoms with van der Waals surface area (Å²) in [6, 6.07) is 12.3. The van der Waals surface area contributed by atoms with Gasteiger partial charge in [-0.2, -0.15) is 0 Å². The molecule has 29 heavy (non-hydrogen) atoms. The minimum absolute atomic E-state index is 0.0460. The summed E-state index contributed by atoms with van der Waals surface area (Å²) in [5.74, 6) is -1.13. The first-order chi connectivity index (χ1) is 13.7. The first-order valence-corrected chi connectivity index (χ1v) is 10.0. The number of nitrogens with two attached hydrogens (primary N) is 1. The molecule has 3 rings (SSSR count). The molecule has 2 aromatic carbocycles. The molecule has 0 atom stereocenters. The van der Waals surface area contributed by atoms with E-state index in [9.17, 15) is 22.8 Å². The van der Waals surface area contributed by atoms with Gasteiger partial charge in [0.05, 0.1) is 22.1 Å². The Balaban J connectivity index is 1.56. The van der Waals surface area contributed by atoms with Crippen LogP contribution in [0.5, 0.6) is 0 Å². The predicted octanol–water partition coefficient (Wildman–Crippen LogP) is 0.399. The summed E-state index contributed by atoms with van der Waals surface area (Å²) in [6.07, 6.45) is 1.20. The summed E-state index contributed by atoms with van der Waals surface area (Å²) < 4.78 is 28.5. The Morgan fingerprint density at radius 3 is 2.45 bits per heavy atom. The molecule has 1 heterocycles. The molecule has 0 saturated carbocycles. The second-order valence-corrected chi connectivity index (χ2v) is 7.82. The van der Waals surface area contributed by atoms with Crippen LogP contribution in [0.25, 0.3) is 10.9 Å².